The molecule has 0 saturated carbocycles. The summed E-state index contributed by atoms with van der Waals surface area (Å²) in [7, 11) is -0.396. The van der Waals surface area contributed by atoms with Crippen molar-refractivity contribution in [1.82, 2.24) is 20.2 Å². The fourth-order valence-electron chi connectivity index (χ4n) is 0.683. The number of aryl methyl sites for hydroxylation is 1. The predicted molar refractivity (Wildman–Crippen MR) is 45.2 cm³/mol. The van der Waals surface area contributed by atoms with E-state index in [-0.39, 0.29) is 5.16 Å². The van der Waals surface area contributed by atoms with Gasteiger partial charge in [0.15, 0.2) is 6.17 Å². The lowest BCUT2D eigenvalue weighted by Gasteiger charge is -1.98. The summed E-state index contributed by atoms with van der Waals surface area (Å²) in [5.41, 5.74) is 0. The summed E-state index contributed by atoms with van der Waals surface area (Å²) in [6.45, 7) is 0. The fourth-order valence-corrected chi connectivity index (χ4v) is 1.51. The highest BCUT2D eigenvalue weighted by Gasteiger charge is 2.16. The number of nitrogens with zero attached hydrogens (tertiary/aromatic N) is 4. The molecule has 0 fully saturated rings. The van der Waals surface area contributed by atoms with Crippen LogP contribution < -0.4 is 0 Å². The van der Waals surface area contributed by atoms with E-state index in [1.54, 1.807) is 0 Å². The van der Waals surface area contributed by atoms with Crippen LogP contribution in [0.5, 0.6) is 0 Å². The molecule has 0 aliphatic rings. The van der Waals surface area contributed by atoms with Gasteiger partial charge >= 0.3 is 0 Å². The average Bonchev–Trinajstić information content (AvgIpc) is 2.60. The first-order chi connectivity index (χ1) is 7.02. The van der Waals surface area contributed by atoms with Crippen molar-refractivity contribution in [2.45, 2.75) is 17.8 Å². The molecule has 0 bridgehead atoms. The van der Waals surface area contributed by atoms with Crippen LogP contribution in [0.4, 0.5) is 13.2 Å². The van der Waals surface area contributed by atoms with Gasteiger partial charge in [-0.25, -0.2) is 22.1 Å². The monoisotopic (exact) mass is 240 g/mol. The van der Waals surface area contributed by atoms with Crippen molar-refractivity contribution in [2.75, 3.05) is 0 Å². The number of hydrogen-bond donors (Lipinski definition) is 0. The highest BCUT2D eigenvalue weighted by Crippen LogP contribution is 2.08. The van der Waals surface area contributed by atoms with E-state index in [9.17, 15) is 17.4 Å². The van der Waals surface area contributed by atoms with Crippen molar-refractivity contribution in [3.63, 3.8) is 0 Å². The summed E-state index contributed by atoms with van der Waals surface area (Å²) >= 11 is 0. The molecule has 0 saturated heterocycles. The zero-order valence-corrected chi connectivity index (χ0v) is 8.37. The van der Waals surface area contributed by atoms with Crippen LogP contribution in [0.15, 0.2) is 16.6 Å². The maximum Gasteiger partial charge on any atom is 0.272 e. The molecular weight excluding hydrogens is 233 g/mol. The summed E-state index contributed by atoms with van der Waals surface area (Å²) in [6.07, 6.45) is -5.04. The second-order valence-electron chi connectivity index (χ2n) is 2.49. The summed E-state index contributed by atoms with van der Waals surface area (Å²) in [6, 6.07) is 0. The fraction of sp³-hybridized carbons (Fsp3) is 0.500. The number of allylic oxidation sites excluding steroid dienone is 1. The van der Waals surface area contributed by atoms with Crippen molar-refractivity contribution < 1.29 is 17.4 Å². The first kappa shape index (κ1) is 11.8. The van der Waals surface area contributed by atoms with Gasteiger partial charge in [-0.1, -0.05) is 5.10 Å². The van der Waals surface area contributed by atoms with Crippen LogP contribution in [0.3, 0.4) is 0 Å². The molecule has 15 heavy (non-hydrogen) atoms. The van der Waals surface area contributed by atoms with Gasteiger partial charge in [0.05, 0.1) is 0 Å². The van der Waals surface area contributed by atoms with Crippen LogP contribution in [0.1, 0.15) is 0 Å². The Hall–Kier alpha value is -1.25. The zero-order valence-electron chi connectivity index (χ0n) is 7.55. The molecule has 0 radical (unpaired) electrons. The number of aromatic nitrogens is 4. The Labute approximate surface area is 85.4 Å². The van der Waals surface area contributed by atoms with E-state index >= 15 is 0 Å². The molecule has 2 atom stereocenters. The van der Waals surface area contributed by atoms with Crippen LogP contribution in [0, 0.1) is 0 Å². The quantitative estimate of drug-likeness (QED) is 0.766. The molecule has 84 valence electrons. The molecule has 0 spiro atoms. The number of hydrogen-bond acceptors (Lipinski definition) is 4. The van der Waals surface area contributed by atoms with Gasteiger partial charge in [0.25, 0.3) is 6.43 Å². The van der Waals surface area contributed by atoms with Gasteiger partial charge in [-0.15, -0.1) is 0 Å². The van der Waals surface area contributed by atoms with Gasteiger partial charge in [-0.05, 0) is 16.5 Å². The molecule has 0 aliphatic carbocycles. The number of alkyl halides is 3. The van der Waals surface area contributed by atoms with Gasteiger partial charge < -0.3 is 0 Å². The lowest BCUT2D eigenvalue weighted by Crippen LogP contribution is -2.08. The smallest absolute Gasteiger partial charge is 0.246 e. The molecule has 0 aromatic carbocycles. The average molecular weight is 240 g/mol. The minimum Gasteiger partial charge on any atom is -0.246 e. The molecule has 5 nitrogen and oxygen atoms in total. The summed E-state index contributed by atoms with van der Waals surface area (Å²) in [5.74, 6) is 0. The van der Waals surface area contributed by atoms with E-state index in [2.05, 4.69) is 15.5 Å². The largest absolute Gasteiger partial charge is 0.272 e. The van der Waals surface area contributed by atoms with E-state index in [0.717, 1.165) is 10.1 Å². The van der Waals surface area contributed by atoms with Crippen molar-refractivity contribution in [3.05, 3.63) is 11.5 Å². The van der Waals surface area contributed by atoms with Gasteiger partial charge in [0.1, 0.15) is 10.8 Å². The maximum absolute atomic E-state index is 12.4. The molecular formula is C6H7F3N4OS. The van der Waals surface area contributed by atoms with Crippen LogP contribution in [-0.2, 0) is 17.8 Å². The molecule has 9 heteroatoms. The Kier molecular flexibility index (Phi) is 3.95. The first-order valence-electron chi connectivity index (χ1n) is 3.76. The minimum absolute atomic E-state index is 0.0345. The topological polar surface area (TPSA) is 60.7 Å². The molecule has 0 N–H and O–H groups in total. The van der Waals surface area contributed by atoms with Gasteiger partial charge in [0, 0.05) is 12.5 Å². The molecule has 0 aliphatic heterocycles. The zero-order chi connectivity index (χ0) is 11.4. The van der Waals surface area contributed by atoms with Crippen LogP contribution in [0.25, 0.3) is 0 Å². The van der Waals surface area contributed by atoms with Gasteiger partial charge in [-0.2, -0.15) is 0 Å². The number of tetrazole rings is 1. The van der Waals surface area contributed by atoms with Crippen molar-refractivity contribution in [2.24, 2.45) is 7.05 Å². The Morgan fingerprint density at radius 1 is 1.47 bits per heavy atom. The lowest BCUT2D eigenvalue weighted by atomic mass is 10.4. The third kappa shape index (κ3) is 3.11. The Balaban J connectivity index is 2.68. The van der Waals surface area contributed by atoms with Crippen molar-refractivity contribution >= 4 is 10.8 Å². The third-order valence-corrected chi connectivity index (χ3v) is 2.50. The SMILES string of the molecule is Cn1nnnc1S(=O)/C=C/C(F)C(F)F. The van der Waals surface area contributed by atoms with Gasteiger partial charge in [0.2, 0.25) is 5.16 Å². The second-order valence-corrected chi connectivity index (χ2v) is 3.72. The number of halogens is 3. The summed E-state index contributed by atoms with van der Waals surface area (Å²) in [5, 5.41) is 10.7. The summed E-state index contributed by atoms with van der Waals surface area (Å²) in [4.78, 5) is 0. The van der Waals surface area contributed by atoms with E-state index < -0.39 is 23.4 Å². The Morgan fingerprint density at radius 3 is 2.60 bits per heavy atom. The van der Waals surface area contributed by atoms with Crippen molar-refractivity contribution in [3.8, 4) is 0 Å². The van der Waals surface area contributed by atoms with E-state index in [1.165, 1.54) is 7.05 Å². The highest BCUT2D eigenvalue weighted by atomic mass is 32.2. The molecule has 1 aromatic rings. The lowest BCUT2D eigenvalue weighted by molar-refractivity contribution is 0.0751. The Morgan fingerprint density at radius 2 is 2.13 bits per heavy atom. The van der Waals surface area contributed by atoms with Crippen LogP contribution >= 0.6 is 0 Å². The molecule has 1 rings (SSSR count). The van der Waals surface area contributed by atoms with E-state index in [0.29, 0.717) is 6.08 Å². The third-order valence-electron chi connectivity index (χ3n) is 1.39. The maximum atomic E-state index is 12.4. The molecule has 1 aromatic heterocycles. The molecule has 0 amide bonds. The van der Waals surface area contributed by atoms with E-state index in [1.807, 2.05) is 0 Å². The highest BCUT2D eigenvalue weighted by molar-refractivity contribution is 7.87. The van der Waals surface area contributed by atoms with Crippen molar-refractivity contribution in [1.29, 1.82) is 0 Å². The predicted octanol–water partition coefficient (Wildman–Crippen LogP) is 0.435. The molecule has 2 unspecified atom stereocenters. The minimum atomic E-state index is -3.13. The molecule has 1 heterocycles. The van der Waals surface area contributed by atoms with Gasteiger partial charge in [-0.3, -0.25) is 0 Å². The Bertz CT molecular complexity index is 380. The normalized spacial score (nSPS) is 16.1. The second kappa shape index (κ2) is 5.01. The standard InChI is InChI=1S/C6H7F3N4OS/c1-13-6(10-11-12-13)15(14)3-2-4(7)5(8)9/h2-5H,1H3/b3-2+. The van der Waals surface area contributed by atoms with Crippen LogP contribution in [0.2, 0.25) is 0 Å². The van der Waals surface area contributed by atoms with Crippen LogP contribution in [-0.4, -0.2) is 37.0 Å². The first-order valence-corrected chi connectivity index (χ1v) is 4.97. The van der Waals surface area contributed by atoms with E-state index in [4.69, 9.17) is 0 Å². The number of rotatable bonds is 4. The summed E-state index contributed by atoms with van der Waals surface area (Å²) < 4.78 is 48.3.